The van der Waals surface area contributed by atoms with Crippen molar-refractivity contribution >= 4 is 11.7 Å². The van der Waals surface area contributed by atoms with Gasteiger partial charge in [0.2, 0.25) is 0 Å². The molecule has 2 aromatic heterocycles. The summed E-state index contributed by atoms with van der Waals surface area (Å²) in [5.74, 6) is 0.749. The van der Waals surface area contributed by atoms with Gasteiger partial charge in [-0.3, -0.25) is 9.78 Å². The monoisotopic (exact) mass is 340 g/mol. The molecule has 1 aliphatic heterocycles. The molecule has 1 unspecified atom stereocenters. The van der Waals surface area contributed by atoms with Crippen LogP contribution in [0.2, 0.25) is 0 Å². The van der Waals surface area contributed by atoms with E-state index in [4.69, 9.17) is 4.74 Å². The Hall–Kier alpha value is -2.47. The summed E-state index contributed by atoms with van der Waals surface area (Å²) in [6.45, 7) is 2.26. The molecule has 1 saturated heterocycles. The van der Waals surface area contributed by atoms with Gasteiger partial charge in [-0.05, 0) is 49.1 Å². The first-order valence-electron chi connectivity index (χ1n) is 8.68. The van der Waals surface area contributed by atoms with Crippen LogP contribution in [-0.2, 0) is 11.2 Å². The number of rotatable bonds is 7. The smallest absolute Gasteiger partial charge is 0.255 e. The minimum atomic E-state index is -0.0211. The third-order valence-electron chi connectivity index (χ3n) is 4.38. The highest BCUT2D eigenvalue weighted by atomic mass is 16.5. The largest absolute Gasteiger partial charge is 0.376 e. The van der Waals surface area contributed by atoms with Crippen LogP contribution in [0.3, 0.4) is 0 Å². The zero-order valence-electron chi connectivity index (χ0n) is 14.5. The maximum Gasteiger partial charge on any atom is 0.255 e. The second-order valence-corrected chi connectivity index (χ2v) is 6.28. The van der Waals surface area contributed by atoms with E-state index in [-0.39, 0.29) is 12.0 Å². The van der Waals surface area contributed by atoms with Crippen molar-refractivity contribution in [3.05, 3.63) is 54.0 Å². The average molecular weight is 340 g/mol. The summed E-state index contributed by atoms with van der Waals surface area (Å²) in [6.07, 6.45) is 8.45. The number of nitrogens with zero attached hydrogens (tertiary/aromatic N) is 3. The predicted octanol–water partition coefficient (Wildman–Crippen LogP) is 2.38. The minimum Gasteiger partial charge on any atom is -0.376 e. The van der Waals surface area contributed by atoms with Gasteiger partial charge in [-0.25, -0.2) is 4.98 Å². The van der Waals surface area contributed by atoms with Crippen LogP contribution in [0.25, 0.3) is 0 Å². The van der Waals surface area contributed by atoms with E-state index in [1.807, 2.05) is 31.3 Å². The molecule has 6 nitrogen and oxygen atoms in total. The number of amides is 1. The summed E-state index contributed by atoms with van der Waals surface area (Å²) in [4.78, 5) is 22.5. The molecule has 0 aliphatic carbocycles. The SMILES string of the molecule is CN(CCc1ccncc1)C(=O)c1ccc(NCC2CCCO2)nc1. The fourth-order valence-corrected chi connectivity index (χ4v) is 2.82. The van der Waals surface area contributed by atoms with Crippen LogP contribution in [0.1, 0.15) is 28.8 Å². The molecule has 0 aromatic carbocycles. The first-order valence-corrected chi connectivity index (χ1v) is 8.68. The van der Waals surface area contributed by atoms with Crippen LogP contribution in [-0.4, -0.2) is 53.6 Å². The number of carbonyl (C=O) groups is 1. The molecule has 25 heavy (non-hydrogen) atoms. The van der Waals surface area contributed by atoms with Gasteiger partial charge in [-0.1, -0.05) is 0 Å². The highest BCUT2D eigenvalue weighted by molar-refractivity contribution is 5.93. The number of carbonyl (C=O) groups excluding carboxylic acids is 1. The van der Waals surface area contributed by atoms with Crippen LogP contribution in [0.15, 0.2) is 42.9 Å². The molecule has 3 rings (SSSR count). The predicted molar refractivity (Wildman–Crippen MR) is 96.6 cm³/mol. The number of ether oxygens (including phenoxy) is 1. The van der Waals surface area contributed by atoms with Crippen molar-refractivity contribution in [2.75, 3.05) is 32.1 Å². The molecule has 0 bridgehead atoms. The lowest BCUT2D eigenvalue weighted by molar-refractivity contribution is 0.0796. The quantitative estimate of drug-likeness (QED) is 0.838. The maximum absolute atomic E-state index is 12.5. The number of nitrogens with one attached hydrogen (secondary N) is 1. The van der Waals surface area contributed by atoms with Crippen molar-refractivity contribution in [2.45, 2.75) is 25.4 Å². The highest BCUT2D eigenvalue weighted by Crippen LogP contribution is 2.13. The molecular weight excluding hydrogens is 316 g/mol. The third kappa shape index (κ3) is 5.00. The summed E-state index contributed by atoms with van der Waals surface area (Å²) in [7, 11) is 1.81. The topological polar surface area (TPSA) is 67.4 Å². The zero-order chi connectivity index (χ0) is 17.5. The lowest BCUT2D eigenvalue weighted by Gasteiger charge is -2.17. The summed E-state index contributed by atoms with van der Waals surface area (Å²) < 4.78 is 5.58. The molecule has 1 N–H and O–H groups in total. The van der Waals surface area contributed by atoms with Crippen molar-refractivity contribution < 1.29 is 9.53 Å². The van der Waals surface area contributed by atoms with E-state index in [9.17, 15) is 4.79 Å². The minimum absolute atomic E-state index is 0.0211. The number of anilines is 1. The van der Waals surface area contributed by atoms with Crippen molar-refractivity contribution in [2.24, 2.45) is 0 Å². The van der Waals surface area contributed by atoms with E-state index >= 15 is 0 Å². The summed E-state index contributed by atoms with van der Waals surface area (Å²) in [5, 5.41) is 3.26. The van der Waals surface area contributed by atoms with Crippen LogP contribution >= 0.6 is 0 Å². The molecule has 3 heterocycles. The Morgan fingerprint density at radius 2 is 2.16 bits per heavy atom. The molecule has 6 heteroatoms. The Balaban J connectivity index is 1.49. The summed E-state index contributed by atoms with van der Waals surface area (Å²) >= 11 is 0. The normalized spacial score (nSPS) is 16.6. The Morgan fingerprint density at radius 1 is 1.32 bits per heavy atom. The maximum atomic E-state index is 12.5. The fraction of sp³-hybridized carbons (Fsp3) is 0.421. The molecule has 2 aromatic rings. The first kappa shape index (κ1) is 17.4. The molecule has 1 aliphatic rings. The van der Waals surface area contributed by atoms with Crippen LogP contribution in [0, 0.1) is 0 Å². The Labute approximate surface area is 148 Å². The van der Waals surface area contributed by atoms with Gasteiger partial charge in [0.25, 0.3) is 5.91 Å². The van der Waals surface area contributed by atoms with Gasteiger partial charge in [-0.15, -0.1) is 0 Å². The number of aromatic nitrogens is 2. The van der Waals surface area contributed by atoms with Crippen molar-refractivity contribution in [3.63, 3.8) is 0 Å². The van der Waals surface area contributed by atoms with Crippen molar-refractivity contribution in [1.82, 2.24) is 14.9 Å². The third-order valence-corrected chi connectivity index (χ3v) is 4.38. The standard InChI is InChI=1S/C19H24N4O2/c1-23(11-8-15-6-9-20-10-7-15)19(24)16-4-5-18(21-13-16)22-14-17-3-2-12-25-17/h4-7,9-10,13,17H,2-3,8,11-12,14H2,1H3,(H,21,22). The van der Waals surface area contributed by atoms with E-state index in [0.717, 1.165) is 38.2 Å². The molecule has 1 atom stereocenters. The molecule has 0 saturated carbocycles. The number of pyridine rings is 2. The molecular formula is C19H24N4O2. The molecule has 0 spiro atoms. The van der Waals surface area contributed by atoms with E-state index in [1.165, 1.54) is 5.56 Å². The molecule has 1 fully saturated rings. The van der Waals surface area contributed by atoms with Gasteiger partial charge in [0.05, 0.1) is 11.7 Å². The van der Waals surface area contributed by atoms with Crippen molar-refractivity contribution in [1.29, 1.82) is 0 Å². The Bertz CT molecular complexity index is 670. The average Bonchev–Trinajstić information content (AvgIpc) is 3.19. The van der Waals surface area contributed by atoms with E-state index in [0.29, 0.717) is 12.1 Å². The lowest BCUT2D eigenvalue weighted by atomic mass is 10.2. The highest BCUT2D eigenvalue weighted by Gasteiger charge is 2.15. The molecule has 132 valence electrons. The summed E-state index contributed by atoms with van der Waals surface area (Å²) in [5.41, 5.74) is 1.77. The Kier molecular flexibility index (Phi) is 5.95. The Morgan fingerprint density at radius 3 is 2.84 bits per heavy atom. The van der Waals surface area contributed by atoms with Gasteiger partial charge in [0.15, 0.2) is 0 Å². The second-order valence-electron chi connectivity index (χ2n) is 6.28. The number of hydrogen-bond acceptors (Lipinski definition) is 5. The van der Waals surface area contributed by atoms with Gasteiger partial charge < -0.3 is 15.0 Å². The van der Waals surface area contributed by atoms with Gasteiger partial charge in [0, 0.05) is 45.3 Å². The number of hydrogen-bond donors (Lipinski definition) is 1. The van der Waals surface area contributed by atoms with Crippen molar-refractivity contribution in [3.8, 4) is 0 Å². The fourth-order valence-electron chi connectivity index (χ4n) is 2.82. The van der Waals surface area contributed by atoms with E-state index < -0.39 is 0 Å². The number of likely N-dealkylation sites (N-methyl/N-ethyl adjacent to an activating group) is 1. The second kappa shape index (κ2) is 8.58. The van der Waals surface area contributed by atoms with Crippen LogP contribution in [0.5, 0.6) is 0 Å². The van der Waals surface area contributed by atoms with Crippen LogP contribution in [0.4, 0.5) is 5.82 Å². The zero-order valence-corrected chi connectivity index (χ0v) is 14.5. The first-order chi connectivity index (χ1) is 12.2. The van der Waals surface area contributed by atoms with Gasteiger partial charge >= 0.3 is 0 Å². The van der Waals surface area contributed by atoms with E-state index in [2.05, 4.69) is 15.3 Å². The molecule has 0 radical (unpaired) electrons. The van der Waals surface area contributed by atoms with Gasteiger partial charge in [0.1, 0.15) is 5.82 Å². The van der Waals surface area contributed by atoms with E-state index in [1.54, 1.807) is 23.5 Å². The molecule has 1 amide bonds. The van der Waals surface area contributed by atoms with Crippen LogP contribution < -0.4 is 5.32 Å². The summed E-state index contributed by atoms with van der Waals surface area (Å²) in [6, 6.07) is 7.60. The van der Waals surface area contributed by atoms with Gasteiger partial charge in [-0.2, -0.15) is 0 Å². The lowest BCUT2D eigenvalue weighted by Crippen LogP contribution is -2.29.